The SMILES string of the molecule is CC1=C(C)C[C@@H](C(=O)NNC(=O)c2ccccc2)[C@H](C(=O)O)C1. The number of amides is 2. The lowest BCUT2D eigenvalue weighted by Gasteiger charge is -2.29. The van der Waals surface area contributed by atoms with Crippen molar-refractivity contribution in [1.29, 1.82) is 0 Å². The fourth-order valence-corrected chi connectivity index (χ4v) is 2.70. The highest BCUT2D eigenvalue weighted by atomic mass is 16.4. The molecule has 6 nitrogen and oxygen atoms in total. The second-order valence-electron chi connectivity index (χ2n) is 5.83. The Balaban J connectivity index is 2.02. The van der Waals surface area contributed by atoms with Gasteiger partial charge in [0.1, 0.15) is 0 Å². The van der Waals surface area contributed by atoms with Crippen LogP contribution in [0.5, 0.6) is 0 Å². The highest BCUT2D eigenvalue weighted by Gasteiger charge is 2.37. The molecule has 2 amide bonds. The Bertz CT molecular complexity index is 652. The van der Waals surface area contributed by atoms with Gasteiger partial charge in [-0.15, -0.1) is 0 Å². The van der Waals surface area contributed by atoms with Crippen molar-refractivity contribution in [3.8, 4) is 0 Å². The lowest BCUT2D eigenvalue weighted by Crippen LogP contribution is -2.48. The quantitative estimate of drug-likeness (QED) is 0.586. The molecule has 1 aliphatic rings. The first-order valence-electron chi connectivity index (χ1n) is 7.43. The average molecular weight is 316 g/mol. The molecule has 0 spiro atoms. The summed E-state index contributed by atoms with van der Waals surface area (Å²) < 4.78 is 0. The highest BCUT2D eigenvalue weighted by Crippen LogP contribution is 2.34. The lowest BCUT2D eigenvalue weighted by atomic mass is 9.76. The van der Waals surface area contributed by atoms with Gasteiger partial charge in [-0.2, -0.15) is 0 Å². The van der Waals surface area contributed by atoms with Crippen molar-refractivity contribution in [2.24, 2.45) is 11.8 Å². The van der Waals surface area contributed by atoms with Crippen LogP contribution >= 0.6 is 0 Å². The van der Waals surface area contributed by atoms with Crippen LogP contribution in [0, 0.1) is 11.8 Å². The Labute approximate surface area is 134 Å². The van der Waals surface area contributed by atoms with Crippen molar-refractivity contribution < 1.29 is 19.5 Å². The van der Waals surface area contributed by atoms with E-state index < -0.39 is 29.6 Å². The smallest absolute Gasteiger partial charge is 0.307 e. The molecule has 0 saturated heterocycles. The number of carboxylic acid groups (broad SMARTS) is 1. The normalized spacial score (nSPS) is 20.8. The molecule has 0 radical (unpaired) electrons. The third-order valence-corrected chi connectivity index (χ3v) is 4.26. The van der Waals surface area contributed by atoms with Crippen LogP contribution in [0.1, 0.15) is 37.0 Å². The van der Waals surface area contributed by atoms with E-state index in [1.165, 1.54) is 0 Å². The van der Waals surface area contributed by atoms with Gasteiger partial charge >= 0.3 is 5.97 Å². The van der Waals surface area contributed by atoms with Crippen molar-refractivity contribution >= 4 is 17.8 Å². The molecule has 0 saturated carbocycles. The van der Waals surface area contributed by atoms with Crippen molar-refractivity contribution in [1.82, 2.24) is 10.9 Å². The summed E-state index contributed by atoms with van der Waals surface area (Å²) >= 11 is 0. The molecule has 2 rings (SSSR count). The third-order valence-electron chi connectivity index (χ3n) is 4.26. The number of nitrogens with one attached hydrogen (secondary N) is 2. The van der Waals surface area contributed by atoms with Crippen LogP contribution in [0.15, 0.2) is 41.5 Å². The van der Waals surface area contributed by atoms with Gasteiger partial charge in [-0.3, -0.25) is 25.2 Å². The summed E-state index contributed by atoms with van der Waals surface area (Å²) in [5, 5.41) is 9.33. The van der Waals surface area contributed by atoms with Crippen LogP contribution in [0.3, 0.4) is 0 Å². The maximum Gasteiger partial charge on any atom is 0.307 e. The van der Waals surface area contributed by atoms with Crippen LogP contribution in [0.2, 0.25) is 0 Å². The minimum Gasteiger partial charge on any atom is -0.481 e. The van der Waals surface area contributed by atoms with E-state index in [4.69, 9.17) is 0 Å². The van der Waals surface area contributed by atoms with E-state index >= 15 is 0 Å². The van der Waals surface area contributed by atoms with E-state index in [0.29, 0.717) is 18.4 Å². The predicted molar refractivity (Wildman–Crippen MR) is 84.3 cm³/mol. The van der Waals surface area contributed by atoms with E-state index in [0.717, 1.165) is 11.1 Å². The van der Waals surface area contributed by atoms with Gasteiger partial charge in [0.2, 0.25) is 5.91 Å². The summed E-state index contributed by atoms with van der Waals surface area (Å²) in [6.07, 6.45) is 0.738. The van der Waals surface area contributed by atoms with Gasteiger partial charge in [0, 0.05) is 5.56 Å². The molecule has 0 bridgehead atoms. The number of hydrogen-bond donors (Lipinski definition) is 3. The van der Waals surface area contributed by atoms with E-state index in [2.05, 4.69) is 10.9 Å². The average Bonchev–Trinajstić information content (AvgIpc) is 2.55. The maximum atomic E-state index is 12.3. The number of carboxylic acids is 1. The van der Waals surface area contributed by atoms with E-state index in [1.54, 1.807) is 30.3 Å². The summed E-state index contributed by atoms with van der Waals surface area (Å²) in [6.45, 7) is 3.78. The minimum absolute atomic E-state index is 0.353. The zero-order valence-corrected chi connectivity index (χ0v) is 13.1. The van der Waals surface area contributed by atoms with Gasteiger partial charge in [-0.05, 0) is 38.8 Å². The molecule has 2 atom stereocenters. The van der Waals surface area contributed by atoms with Crippen LogP contribution in [0.4, 0.5) is 0 Å². The first-order chi connectivity index (χ1) is 10.9. The van der Waals surface area contributed by atoms with Crippen molar-refractivity contribution in [3.05, 3.63) is 47.0 Å². The largest absolute Gasteiger partial charge is 0.481 e. The number of benzene rings is 1. The number of allylic oxidation sites excluding steroid dienone is 2. The Hall–Kier alpha value is -2.63. The number of carbonyl (C=O) groups is 3. The van der Waals surface area contributed by atoms with Crippen LogP contribution in [0.25, 0.3) is 0 Å². The molecule has 122 valence electrons. The Kier molecular flexibility index (Phi) is 5.16. The Morgan fingerprint density at radius 2 is 1.52 bits per heavy atom. The minimum atomic E-state index is -0.994. The standard InChI is InChI=1S/C17H20N2O4/c1-10-8-13(14(17(22)23)9-11(10)2)16(21)19-18-15(20)12-6-4-3-5-7-12/h3-7,13-14H,8-9H2,1-2H3,(H,18,20)(H,19,21)(H,22,23)/t13-,14-/m1/s1. The second-order valence-corrected chi connectivity index (χ2v) is 5.83. The summed E-state index contributed by atoms with van der Waals surface area (Å²) in [5.74, 6) is -3.37. The van der Waals surface area contributed by atoms with Crippen LogP contribution in [-0.2, 0) is 9.59 Å². The topological polar surface area (TPSA) is 95.5 Å². The first kappa shape index (κ1) is 16.7. The summed E-state index contributed by atoms with van der Waals surface area (Å²) in [4.78, 5) is 35.6. The first-order valence-corrected chi connectivity index (χ1v) is 7.43. The zero-order chi connectivity index (χ0) is 17.0. The second kappa shape index (κ2) is 7.09. The molecule has 1 aliphatic carbocycles. The Morgan fingerprint density at radius 1 is 0.957 bits per heavy atom. The molecule has 3 N–H and O–H groups in total. The van der Waals surface area contributed by atoms with Crippen molar-refractivity contribution in [2.45, 2.75) is 26.7 Å². The molecule has 23 heavy (non-hydrogen) atoms. The predicted octanol–water partition coefficient (Wildman–Crippen LogP) is 1.89. The fraction of sp³-hybridized carbons (Fsp3) is 0.353. The van der Waals surface area contributed by atoms with Crippen LogP contribution < -0.4 is 10.9 Å². The molecule has 0 aliphatic heterocycles. The lowest BCUT2D eigenvalue weighted by molar-refractivity contribution is -0.147. The summed E-state index contributed by atoms with van der Waals surface area (Å²) in [7, 11) is 0. The molecule has 0 heterocycles. The van der Waals surface area contributed by atoms with Crippen LogP contribution in [-0.4, -0.2) is 22.9 Å². The number of hydrazine groups is 1. The number of aliphatic carboxylic acids is 1. The molecule has 0 aromatic heterocycles. The van der Waals surface area contributed by atoms with Crippen molar-refractivity contribution in [2.75, 3.05) is 0 Å². The van der Waals surface area contributed by atoms with E-state index in [9.17, 15) is 19.5 Å². The number of rotatable bonds is 3. The molecule has 0 fully saturated rings. The van der Waals surface area contributed by atoms with Gasteiger partial charge in [0.05, 0.1) is 11.8 Å². The van der Waals surface area contributed by atoms with Gasteiger partial charge in [-0.25, -0.2) is 0 Å². The summed E-state index contributed by atoms with van der Waals surface area (Å²) in [5.41, 5.74) is 7.13. The van der Waals surface area contributed by atoms with Gasteiger partial charge < -0.3 is 5.11 Å². The monoisotopic (exact) mass is 316 g/mol. The molecule has 1 aromatic rings. The third kappa shape index (κ3) is 3.97. The molecule has 6 heteroatoms. The number of hydrogen-bond acceptors (Lipinski definition) is 3. The maximum absolute atomic E-state index is 12.3. The van der Waals surface area contributed by atoms with Gasteiger partial charge in [-0.1, -0.05) is 29.3 Å². The van der Waals surface area contributed by atoms with E-state index in [1.807, 2.05) is 13.8 Å². The fourth-order valence-electron chi connectivity index (χ4n) is 2.70. The molecule has 0 unspecified atom stereocenters. The Morgan fingerprint density at radius 3 is 2.09 bits per heavy atom. The van der Waals surface area contributed by atoms with Crippen molar-refractivity contribution in [3.63, 3.8) is 0 Å². The molecular weight excluding hydrogens is 296 g/mol. The van der Waals surface area contributed by atoms with Gasteiger partial charge in [0.25, 0.3) is 5.91 Å². The van der Waals surface area contributed by atoms with E-state index in [-0.39, 0.29) is 0 Å². The summed E-state index contributed by atoms with van der Waals surface area (Å²) in [6, 6.07) is 8.47. The molecule has 1 aromatic carbocycles. The number of carbonyl (C=O) groups excluding carboxylic acids is 2. The van der Waals surface area contributed by atoms with Gasteiger partial charge in [0.15, 0.2) is 0 Å². The highest BCUT2D eigenvalue weighted by molar-refractivity contribution is 5.96. The zero-order valence-electron chi connectivity index (χ0n) is 13.1. The molecular formula is C17H20N2O4.